The lowest BCUT2D eigenvalue weighted by Gasteiger charge is -2.42. The van der Waals surface area contributed by atoms with Crippen LogP contribution in [-0.2, 0) is 23.7 Å². The highest BCUT2D eigenvalue weighted by molar-refractivity contribution is 6.26. The number of esters is 2. The Morgan fingerprint density at radius 2 is 1.96 bits per heavy atom. The SMILES string of the molecule is C=CCO[C@@H]1O[C@@H](C)[C@H](OC(=O)c2ccccc2)[C@@H](OC(=O)CCl)[C@H]1O. The van der Waals surface area contributed by atoms with Gasteiger partial charge in [0.15, 0.2) is 18.5 Å². The number of alkyl halides is 1. The van der Waals surface area contributed by atoms with E-state index < -0.39 is 48.5 Å². The van der Waals surface area contributed by atoms with E-state index in [4.69, 9.17) is 30.5 Å². The van der Waals surface area contributed by atoms with Crippen LogP contribution in [0.3, 0.4) is 0 Å². The summed E-state index contributed by atoms with van der Waals surface area (Å²) >= 11 is 5.48. The fraction of sp³-hybridized carbons (Fsp3) is 0.444. The molecule has 1 aliphatic heterocycles. The highest BCUT2D eigenvalue weighted by Crippen LogP contribution is 2.27. The van der Waals surface area contributed by atoms with Gasteiger partial charge in [0.25, 0.3) is 0 Å². The number of halogens is 1. The summed E-state index contributed by atoms with van der Waals surface area (Å²) in [5.41, 5.74) is 0.321. The predicted molar refractivity (Wildman–Crippen MR) is 92.7 cm³/mol. The second kappa shape index (κ2) is 9.68. The molecule has 0 aromatic heterocycles. The number of aliphatic hydroxyl groups is 1. The molecule has 1 aromatic carbocycles. The van der Waals surface area contributed by atoms with E-state index in [0.29, 0.717) is 5.56 Å². The van der Waals surface area contributed by atoms with Gasteiger partial charge in [0.1, 0.15) is 12.0 Å². The van der Waals surface area contributed by atoms with Crippen molar-refractivity contribution < 1.29 is 33.6 Å². The van der Waals surface area contributed by atoms with Crippen LogP contribution in [0, 0.1) is 0 Å². The van der Waals surface area contributed by atoms with E-state index in [2.05, 4.69) is 6.58 Å². The molecule has 0 aliphatic carbocycles. The van der Waals surface area contributed by atoms with Crippen LogP contribution in [0.1, 0.15) is 17.3 Å². The van der Waals surface area contributed by atoms with Crippen LogP contribution in [0.5, 0.6) is 0 Å². The lowest BCUT2D eigenvalue weighted by molar-refractivity contribution is -0.292. The Hall–Kier alpha value is -1.93. The van der Waals surface area contributed by atoms with Crippen molar-refractivity contribution in [1.82, 2.24) is 0 Å². The Bertz CT molecular complexity index is 621. The van der Waals surface area contributed by atoms with E-state index in [-0.39, 0.29) is 6.61 Å². The van der Waals surface area contributed by atoms with E-state index in [9.17, 15) is 14.7 Å². The molecule has 0 radical (unpaired) electrons. The molecule has 1 fully saturated rings. The zero-order valence-corrected chi connectivity index (χ0v) is 15.0. The Labute approximate surface area is 156 Å². The molecule has 1 N–H and O–H groups in total. The summed E-state index contributed by atoms with van der Waals surface area (Å²) in [7, 11) is 0. The zero-order valence-electron chi connectivity index (χ0n) is 14.2. The number of benzene rings is 1. The third kappa shape index (κ3) is 5.04. The van der Waals surface area contributed by atoms with Crippen molar-refractivity contribution in [2.24, 2.45) is 0 Å². The van der Waals surface area contributed by atoms with E-state index in [1.807, 2.05) is 0 Å². The van der Waals surface area contributed by atoms with E-state index in [1.54, 1.807) is 37.3 Å². The Morgan fingerprint density at radius 1 is 1.27 bits per heavy atom. The van der Waals surface area contributed by atoms with Crippen LogP contribution in [0.4, 0.5) is 0 Å². The molecule has 1 saturated heterocycles. The van der Waals surface area contributed by atoms with Crippen LogP contribution in [0.2, 0.25) is 0 Å². The lowest BCUT2D eigenvalue weighted by atomic mass is 9.99. The first-order chi connectivity index (χ1) is 12.5. The average molecular weight is 385 g/mol. The summed E-state index contributed by atoms with van der Waals surface area (Å²) < 4.78 is 21.6. The van der Waals surface area contributed by atoms with Crippen LogP contribution in [0.15, 0.2) is 43.0 Å². The Morgan fingerprint density at radius 3 is 2.58 bits per heavy atom. The fourth-order valence-corrected chi connectivity index (χ4v) is 2.60. The standard InChI is InChI=1S/C18H21ClO7/c1-3-9-23-18-14(21)16(25-13(20)10-19)15(11(2)24-18)26-17(22)12-7-5-4-6-8-12/h3-8,11,14-16,18,21H,1,9-10H2,2H3/t11-,14+,15-,16-,18+/m0/s1. The van der Waals surface area contributed by atoms with Crippen molar-refractivity contribution in [3.63, 3.8) is 0 Å². The van der Waals surface area contributed by atoms with Crippen LogP contribution >= 0.6 is 11.6 Å². The topological polar surface area (TPSA) is 91.3 Å². The number of rotatable bonds is 7. The van der Waals surface area contributed by atoms with Crippen molar-refractivity contribution in [1.29, 1.82) is 0 Å². The molecule has 1 heterocycles. The van der Waals surface area contributed by atoms with Crippen LogP contribution < -0.4 is 0 Å². The van der Waals surface area contributed by atoms with Gasteiger partial charge in [-0.1, -0.05) is 24.3 Å². The third-order valence-corrected chi connectivity index (χ3v) is 3.98. The van der Waals surface area contributed by atoms with Gasteiger partial charge in [-0.2, -0.15) is 0 Å². The van der Waals surface area contributed by atoms with Gasteiger partial charge in [-0.15, -0.1) is 18.2 Å². The molecule has 0 spiro atoms. The molecule has 0 saturated carbocycles. The van der Waals surface area contributed by atoms with Gasteiger partial charge >= 0.3 is 11.9 Å². The highest BCUT2D eigenvalue weighted by atomic mass is 35.5. The number of ether oxygens (including phenoxy) is 4. The van der Waals surface area contributed by atoms with Crippen molar-refractivity contribution in [2.45, 2.75) is 37.6 Å². The largest absolute Gasteiger partial charge is 0.454 e. The zero-order chi connectivity index (χ0) is 19.1. The van der Waals surface area contributed by atoms with E-state index in [0.717, 1.165) is 0 Å². The number of hydrogen-bond donors (Lipinski definition) is 1. The molecule has 5 atom stereocenters. The molecule has 8 heteroatoms. The normalized spacial score (nSPS) is 28.2. The first-order valence-electron chi connectivity index (χ1n) is 8.05. The maximum atomic E-state index is 12.3. The smallest absolute Gasteiger partial charge is 0.338 e. The second-order valence-electron chi connectivity index (χ2n) is 5.65. The first kappa shape index (κ1) is 20.4. The summed E-state index contributed by atoms with van der Waals surface area (Å²) in [5.74, 6) is -1.79. The minimum atomic E-state index is -1.37. The van der Waals surface area contributed by atoms with Crippen LogP contribution in [0.25, 0.3) is 0 Å². The summed E-state index contributed by atoms with van der Waals surface area (Å²) in [5, 5.41) is 10.5. The average Bonchev–Trinajstić information content (AvgIpc) is 2.66. The molecule has 1 aliphatic rings. The van der Waals surface area contributed by atoms with Gasteiger partial charge in [-0.3, -0.25) is 4.79 Å². The number of carbonyl (C=O) groups excluding carboxylic acids is 2. The monoisotopic (exact) mass is 384 g/mol. The number of hydrogen-bond acceptors (Lipinski definition) is 7. The van der Waals surface area contributed by atoms with Crippen LogP contribution in [-0.4, -0.2) is 60.2 Å². The van der Waals surface area contributed by atoms with Crippen molar-refractivity contribution in [3.8, 4) is 0 Å². The van der Waals surface area contributed by atoms with Gasteiger partial charge in [-0.05, 0) is 19.1 Å². The highest BCUT2D eigenvalue weighted by Gasteiger charge is 2.48. The molecule has 0 unspecified atom stereocenters. The maximum absolute atomic E-state index is 12.3. The fourth-order valence-electron chi connectivity index (χ4n) is 2.54. The molecular formula is C18H21ClO7. The third-order valence-electron chi connectivity index (χ3n) is 3.76. The molecule has 2 rings (SSSR count). The van der Waals surface area contributed by atoms with Gasteiger partial charge in [-0.25, -0.2) is 4.79 Å². The Kier molecular flexibility index (Phi) is 7.59. The minimum absolute atomic E-state index is 0.124. The first-order valence-corrected chi connectivity index (χ1v) is 8.59. The summed E-state index contributed by atoms with van der Waals surface area (Å²) in [4.78, 5) is 24.0. The number of carbonyl (C=O) groups is 2. The van der Waals surface area contributed by atoms with Gasteiger partial charge < -0.3 is 24.1 Å². The van der Waals surface area contributed by atoms with E-state index >= 15 is 0 Å². The summed E-state index contributed by atoms with van der Waals surface area (Å²) in [6.45, 7) is 5.27. The van der Waals surface area contributed by atoms with Gasteiger partial charge in [0, 0.05) is 0 Å². The van der Waals surface area contributed by atoms with Gasteiger partial charge in [0.2, 0.25) is 0 Å². The molecule has 142 valence electrons. The van der Waals surface area contributed by atoms with Crippen molar-refractivity contribution in [3.05, 3.63) is 48.6 Å². The molecular weight excluding hydrogens is 364 g/mol. The second-order valence-corrected chi connectivity index (χ2v) is 5.91. The minimum Gasteiger partial charge on any atom is -0.454 e. The summed E-state index contributed by atoms with van der Waals surface area (Å²) in [6.07, 6.45) is -3.87. The summed E-state index contributed by atoms with van der Waals surface area (Å²) in [6, 6.07) is 8.32. The Balaban J connectivity index is 2.18. The molecule has 26 heavy (non-hydrogen) atoms. The van der Waals surface area contributed by atoms with Crippen molar-refractivity contribution >= 4 is 23.5 Å². The quantitative estimate of drug-likeness (QED) is 0.434. The molecule has 7 nitrogen and oxygen atoms in total. The van der Waals surface area contributed by atoms with E-state index in [1.165, 1.54) is 6.08 Å². The number of aliphatic hydroxyl groups excluding tert-OH is 1. The molecule has 0 amide bonds. The lowest BCUT2D eigenvalue weighted by Crippen LogP contribution is -2.60. The van der Waals surface area contributed by atoms with Crippen molar-refractivity contribution in [2.75, 3.05) is 12.5 Å². The maximum Gasteiger partial charge on any atom is 0.338 e. The molecule has 0 bridgehead atoms. The predicted octanol–water partition coefficient (Wildman–Crippen LogP) is 1.67. The molecule has 1 aromatic rings. The van der Waals surface area contributed by atoms with Gasteiger partial charge in [0.05, 0.1) is 18.3 Å².